The fraction of sp³-hybridized carbons (Fsp3) is 0.292. The Labute approximate surface area is 206 Å². The van der Waals surface area contributed by atoms with Crippen LogP contribution >= 0.6 is 12.2 Å². The second-order valence-electron chi connectivity index (χ2n) is 7.98. The number of piperidine rings is 1. The van der Waals surface area contributed by atoms with Gasteiger partial charge in [-0.15, -0.1) is 13.2 Å². The summed E-state index contributed by atoms with van der Waals surface area (Å²) in [5.74, 6) is 1.50. The van der Waals surface area contributed by atoms with Gasteiger partial charge in [-0.3, -0.25) is 4.98 Å². The Morgan fingerprint density at radius 2 is 1.77 bits per heavy atom. The maximum atomic E-state index is 12.4. The summed E-state index contributed by atoms with van der Waals surface area (Å²) in [6.07, 6.45) is 2.10. The molecule has 0 spiro atoms. The molecular formula is C24H24F3N5O2S. The van der Waals surface area contributed by atoms with Gasteiger partial charge in [0.1, 0.15) is 23.1 Å². The molecule has 0 radical (unpaired) electrons. The number of thiocarbonyl (C=S) groups is 1. The van der Waals surface area contributed by atoms with E-state index in [1.807, 2.05) is 19.1 Å². The van der Waals surface area contributed by atoms with Crippen LogP contribution < -0.4 is 25.0 Å². The zero-order valence-electron chi connectivity index (χ0n) is 18.9. The van der Waals surface area contributed by atoms with Crippen LogP contribution in [0.2, 0.25) is 0 Å². The SMILES string of the molecule is Cc1c(Oc2ccc(OC(F)(F)F)cc2)ccnc1N1CCC(NC(=S)Nc2cccnc2)CC1. The van der Waals surface area contributed by atoms with E-state index in [9.17, 15) is 13.2 Å². The average molecular weight is 504 g/mol. The summed E-state index contributed by atoms with van der Waals surface area (Å²) in [5.41, 5.74) is 1.69. The van der Waals surface area contributed by atoms with Gasteiger partial charge >= 0.3 is 6.36 Å². The first-order valence-electron chi connectivity index (χ1n) is 11.0. The summed E-state index contributed by atoms with van der Waals surface area (Å²) in [4.78, 5) is 10.8. The van der Waals surface area contributed by atoms with Crippen molar-refractivity contribution in [2.24, 2.45) is 0 Å². The summed E-state index contributed by atoms with van der Waals surface area (Å²) >= 11 is 5.42. The zero-order chi connectivity index (χ0) is 24.8. The first-order valence-corrected chi connectivity index (χ1v) is 11.4. The summed E-state index contributed by atoms with van der Waals surface area (Å²) < 4.78 is 46.9. The van der Waals surface area contributed by atoms with Crippen LogP contribution in [0.4, 0.5) is 24.7 Å². The van der Waals surface area contributed by atoms with E-state index in [1.165, 1.54) is 24.3 Å². The van der Waals surface area contributed by atoms with Gasteiger partial charge in [-0.05, 0) is 74.4 Å². The third-order valence-electron chi connectivity index (χ3n) is 5.46. The van der Waals surface area contributed by atoms with Gasteiger partial charge in [-0.1, -0.05) is 0 Å². The van der Waals surface area contributed by atoms with Crippen molar-refractivity contribution in [2.45, 2.75) is 32.2 Å². The number of nitrogens with one attached hydrogen (secondary N) is 2. The number of hydrogen-bond donors (Lipinski definition) is 2. The number of rotatable bonds is 6. The van der Waals surface area contributed by atoms with Crippen LogP contribution in [-0.2, 0) is 0 Å². The van der Waals surface area contributed by atoms with E-state index >= 15 is 0 Å². The number of nitrogens with zero attached hydrogens (tertiary/aromatic N) is 3. The van der Waals surface area contributed by atoms with Gasteiger partial charge in [0.05, 0.1) is 11.9 Å². The van der Waals surface area contributed by atoms with Crippen LogP contribution in [0.15, 0.2) is 61.1 Å². The lowest BCUT2D eigenvalue weighted by atomic mass is 10.0. The molecule has 35 heavy (non-hydrogen) atoms. The fourth-order valence-corrected chi connectivity index (χ4v) is 4.08. The summed E-state index contributed by atoms with van der Waals surface area (Å²) in [5, 5.41) is 7.06. The first-order chi connectivity index (χ1) is 16.8. The Morgan fingerprint density at radius 1 is 1.06 bits per heavy atom. The second-order valence-corrected chi connectivity index (χ2v) is 8.39. The smallest absolute Gasteiger partial charge is 0.457 e. The van der Waals surface area contributed by atoms with Crippen LogP contribution in [0.25, 0.3) is 0 Å². The molecule has 0 atom stereocenters. The Bertz CT molecular complexity index is 1140. The largest absolute Gasteiger partial charge is 0.573 e. The Kier molecular flexibility index (Phi) is 7.54. The summed E-state index contributed by atoms with van der Waals surface area (Å²) in [6.45, 7) is 3.48. The molecule has 3 aromatic rings. The predicted octanol–water partition coefficient (Wildman–Crippen LogP) is 5.43. The van der Waals surface area contributed by atoms with Crippen LogP contribution in [0.1, 0.15) is 18.4 Å². The van der Waals surface area contributed by atoms with Crippen molar-refractivity contribution in [1.29, 1.82) is 0 Å². The fourth-order valence-electron chi connectivity index (χ4n) is 3.80. The maximum Gasteiger partial charge on any atom is 0.573 e. The molecule has 0 unspecified atom stereocenters. The van der Waals surface area contributed by atoms with Gasteiger partial charge in [-0.2, -0.15) is 0 Å². The van der Waals surface area contributed by atoms with E-state index in [0.717, 1.165) is 43.0 Å². The average Bonchev–Trinajstić information content (AvgIpc) is 2.82. The number of ether oxygens (including phenoxy) is 2. The lowest BCUT2D eigenvalue weighted by Gasteiger charge is -2.34. The Balaban J connectivity index is 1.33. The Hall–Kier alpha value is -3.60. The molecule has 7 nitrogen and oxygen atoms in total. The van der Waals surface area contributed by atoms with E-state index < -0.39 is 6.36 Å². The summed E-state index contributed by atoms with van der Waals surface area (Å²) in [7, 11) is 0. The van der Waals surface area contributed by atoms with E-state index in [-0.39, 0.29) is 11.8 Å². The van der Waals surface area contributed by atoms with Crippen LogP contribution in [0, 0.1) is 6.92 Å². The molecule has 184 valence electrons. The van der Waals surface area contributed by atoms with Crippen LogP contribution in [0.5, 0.6) is 17.2 Å². The monoisotopic (exact) mass is 503 g/mol. The normalized spacial score (nSPS) is 14.3. The lowest BCUT2D eigenvalue weighted by Crippen LogP contribution is -2.46. The number of hydrogen-bond acceptors (Lipinski definition) is 6. The maximum absolute atomic E-state index is 12.4. The molecule has 2 aromatic heterocycles. The standard InChI is InChI=1S/C24H24F3N5O2S/c1-16-21(33-19-4-6-20(7-5-19)34-24(25,26)27)8-12-29-22(16)32-13-9-17(10-14-32)30-23(35)31-18-3-2-11-28-15-18/h2-8,11-12,15,17H,9-10,13-14H2,1H3,(H2,30,31,35). The highest BCUT2D eigenvalue weighted by molar-refractivity contribution is 7.80. The molecule has 4 rings (SSSR count). The van der Waals surface area contributed by atoms with E-state index in [1.54, 1.807) is 24.7 Å². The van der Waals surface area contributed by atoms with E-state index in [4.69, 9.17) is 17.0 Å². The molecule has 1 fully saturated rings. The zero-order valence-corrected chi connectivity index (χ0v) is 19.7. The first kappa shape index (κ1) is 24.5. The molecule has 0 saturated carbocycles. The van der Waals surface area contributed by atoms with Gasteiger partial charge in [-0.25, -0.2) is 4.98 Å². The quantitative estimate of drug-likeness (QED) is 0.432. The highest BCUT2D eigenvalue weighted by Gasteiger charge is 2.31. The minimum atomic E-state index is -4.73. The lowest BCUT2D eigenvalue weighted by molar-refractivity contribution is -0.274. The topological polar surface area (TPSA) is 71.5 Å². The predicted molar refractivity (Wildman–Crippen MR) is 131 cm³/mol. The van der Waals surface area contributed by atoms with Crippen molar-refractivity contribution in [3.63, 3.8) is 0 Å². The number of halogens is 3. The van der Waals surface area contributed by atoms with Gasteiger partial charge in [0.15, 0.2) is 5.11 Å². The van der Waals surface area contributed by atoms with Gasteiger partial charge < -0.3 is 25.0 Å². The molecule has 1 aromatic carbocycles. The van der Waals surface area contributed by atoms with Gasteiger partial charge in [0.2, 0.25) is 0 Å². The minimum absolute atomic E-state index is 0.236. The molecule has 1 aliphatic rings. The third-order valence-corrected chi connectivity index (χ3v) is 5.68. The number of anilines is 2. The molecular weight excluding hydrogens is 479 g/mol. The Morgan fingerprint density at radius 3 is 2.43 bits per heavy atom. The number of pyridine rings is 2. The molecule has 1 saturated heterocycles. The van der Waals surface area contributed by atoms with Crippen molar-refractivity contribution in [2.75, 3.05) is 23.3 Å². The third kappa shape index (κ3) is 6.95. The molecule has 0 aliphatic carbocycles. The van der Waals surface area contributed by atoms with Gasteiger partial charge in [0, 0.05) is 37.1 Å². The molecule has 1 aliphatic heterocycles. The molecule has 0 bridgehead atoms. The number of aromatic nitrogens is 2. The highest BCUT2D eigenvalue weighted by atomic mass is 32.1. The second kappa shape index (κ2) is 10.8. The van der Waals surface area contributed by atoms with E-state index in [2.05, 4.69) is 30.2 Å². The van der Waals surface area contributed by atoms with Crippen molar-refractivity contribution in [3.05, 3.63) is 66.6 Å². The molecule has 2 N–H and O–H groups in total. The molecule has 3 heterocycles. The highest BCUT2D eigenvalue weighted by Crippen LogP contribution is 2.32. The number of alkyl halides is 3. The van der Waals surface area contributed by atoms with E-state index in [0.29, 0.717) is 16.6 Å². The van der Waals surface area contributed by atoms with Crippen molar-refractivity contribution >= 4 is 28.8 Å². The van der Waals surface area contributed by atoms with Gasteiger partial charge in [0.25, 0.3) is 0 Å². The van der Waals surface area contributed by atoms with Crippen LogP contribution in [-0.4, -0.2) is 40.6 Å². The van der Waals surface area contributed by atoms with Crippen molar-refractivity contribution in [1.82, 2.24) is 15.3 Å². The van der Waals surface area contributed by atoms with Crippen molar-refractivity contribution in [3.8, 4) is 17.2 Å². The minimum Gasteiger partial charge on any atom is -0.457 e. The number of benzene rings is 1. The molecule has 11 heteroatoms. The molecule has 0 amide bonds. The van der Waals surface area contributed by atoms with Crippen molar-refractivity contribution < 1.29 is 22.6 Å². The summed E-state index contributed by atoms with van der Waals surface area (Å²) in [6, 6.07) is 11.0. The van der Waals surface area contributed by atoms with Crippen LogP contribution in [0.3, 0.4) is 0 Å².